The Kier molecular flexibility index (Phi) is 4.81. The number of rotatable bonds is 4. The van der Waals surface area contributed by atoms with E-state index in [1.807, 2.05) is 23.1 Å². The van der Waals surface area contributed by atoms with Crippen LogP contribution in [0.2, 0.25) is 0 Å². The van der Waals surface area contributed by atoms with Crippen LogP contribution in [0.15, 0.2) is 30.3 Å². The Morgan fingerprint density at radius 1 is 1.10 bits per heavy atom. The number of hydrogen-bond acceptors (Lipinski definition) is 3. The molecule has 1 aliphatic rings. The summed E-state index contributed by atoms with van der Waals surface area (Å²) in [6, 6.07) is 9.59. The van der Waals surface area contributed by atoms with Crippen molar-refractivity contribution in [2.45, 2.75) is 6.42 Å². The van der Waals surface area contributed by atoms with Gasteiger partial charge in [0.1, 0.15) is 0 Å². The van der Waals surface area contributed by atoms with Crippen molar-refractivity contribution < 1.29 is 9.59 Å². The molecule has 0 atom stereocenters. The Morgan fingerprint density at radius 3 is 2.35 bits per heavy atom. The van der Waals surface area contributed by atoms with Gasteiger partial charge < -0.3 is 20.9 Å². The van der Waals surface area contributed by atoms with E-state index in [0.717, 1.165) is 13.1 Å². The summed E-state index contributed by atoms with van der Waals surface area (Å²) in [6.07, 6.45) is 0.300. The molecule has 0 saturated carbocycles. The molecule has 6 nitrogen and oxygen atoms in total. The van der Waals surface area contributed by atoms with Crippen molar-refractivity contribution in [3.05, 3.63) is 30.3 Å². The van der Waals surface area contributed by atoms with E-state index < -0.39 is 6.03 Å². The average molecular weight is 276 g/mol. The van der Waals surface area contributed by atoms with E-state index in [-0.39, 0.29) is 5.91 Å². The fraction of sp³-hybridized carbons (Fsp3) is 0.429. The Bertz CT molecular complexity index is 456. The molecule has 0 unspecified atom stereocenters. The molecule has 3 amide bonds. The van der Waals surface area contributed by atoms with Gasteiger partial charge in [-0.3, -0.25) is 4.79 Å². The number of carbonyl (C=O) groups excluding carboxylic acids is 2. The summed E-state index contributed by atoms with van der Waals surface area (Å²) in [5.41, 5.74) is 6.15. The van der Waals surface area contributed by atoms with Gasteiger partial charge >= 0.3 is 6.03 Å². The van der Waals surface area contributed by atoms with Crippen molar-refractivity contribution in [3.63, 3.8) is 0 Å². The second kappa shape index (κ2) is 6.79. The summed E-state index contributed by atoms with van der Waals surface area (Å²) in [5, 5.41) is 2.43. The van der Waals surface area contributed by atoms with Gasteiger partial charge in [-0.25, -0.2) is 4.79 Å². The molecule has 0 bridgehead atoms. The fourth-order valence-electron chi connectivity index (χ4n) is 2.30. The number of benzene rings is 1. The molecule has 0 spiro atoms. The van der Waals surface area contributed by atoms with Gasteiger partial charge in [-0.05, 0) is 12.1 Å². The van der Waals surface area contributed by atoms with E-state index in [1.165, 1.54) is 5.69 Å². The third-order valence-electron chi connectivity index (χ3n) is 3.39. The van der Waals surface area contributed by atoms with Crippen molar-refractivity contribution >= 4 is 17.6 Å². The number of nitrogens with one attached hydrogen (secondary N) is 1. The summed E-state index contributed by atoms with van der Waals surface area (Å²) in [4.78, 5) is 26.6. The van der Waals surface area contributed by atoms with Crippen molar-refractivity contribution in [1.82, 2.24) is 10.2 Å². The fourth-order valence-corrected chi connectivity index (χ4v) is 2.30. The number of urea groups is 1. The van der Waals surface area contributed by atoms with Crippen molar-refractivity contribution in [3.8, 4) is 0 Å². The van der Waals surface area contributed by atoms with E-state index >= 15 is 0 Å². The SMILES string of the molecule is NC(=O)NCCC(=O)N1CCN(c2ccccc2)CC1. The molecule has 6 heteroatoms. The van der Waals surface area contributed by atoms with Gasteiger partial charge in [-0.1, -0.05) is 18.2 Å². The van der Waals surface area contributed by atoms with Crippen LogP contribution in [0.25, 0.3) is 0 Å². The first-order valence-electron chi connectivity index (χ1n) is 6.78. The Hall–Kier alpha value is -2.24. The zero-order valence-electron chi connectivity index (χ0n) is 11.4. The molecule has 0 aromatic heterocycles. The third-order valence-corrected chi connectivity index (χ3v) is 3.39. The van der Waals surface area contributed by atoms with Gasteiger partial charge in [0.2, 0.25) is 5.91 Å². The first kappa shape index (κ1) is 14.2. The lowest BCUT2D eigenvalue weighted by Crippen LogP contribution is -2.49. The molecule has 1 saturated heterocycles. The molecular weight excluding hydrogens is 256 g/mol. The van der Waals surface area contributed by atoms with Gasteiger partial charge in [-0.15, -0.1) is 0 Å². The molecule has 20 heavy (non-hydrogen) atoms. The molecule has 1 fully saturated rings. The van der Waals surface area contributed by atoms with Gasteiger partial charge in [0.15, 0.2) is 0 Å². The van der Waals surface area contributed by atoms with E-state index in [9.17, 15) is 9.59 Å². The Balaban J connectivity index is 1.76. The maximum absolute atomic E-state index is 11.9. The van der Waals surface area contributed by atoms with Crippen LogP contribution in [0.3, 0.4) is 0 Å². The average Bonchev–Trinajstić information content (AvgIpc) is 2.48. The molecule has 2 rings (SSSR count). The quantitative estimate of drug-likeness (QED) is 0.835. The molecule has 108 valence electrons. The third kappa shape index (κ3) is 3.88. The number of amides is 3. The second-order valence-electron chi connectivity index (χ2n) is 4.74. The maximum Gasteiger partial charge on any atom is 0.312 e. The topological polar surface area (TPSA) is 78.7 Å². The van der Waals surface area contributed by atoms with E-state index in [4.69, 9.17) is 5.73 Å². The standard InChI is InChI=1S/C14H20N4O2/c15-14(20)16-7-6-13(19)18-10-8-17(9-11-18)12-4-2-1-3-5-12/h1-5H,6-11H2,(H3,15,16,20). The Labute approximate surface area is 118 Å². The number of primary amides is 1. The number of nitrogens with zero attached hydrogens (tertiary/aromatic N) is 2. The van der Waals surface area contributed by atoms with Gasteiger partial charge in [0.25, 0.3) is 0 Å². The van der Waals surface area contributed by atoms with Crippen molar-refractivity contribution in [1.29, 1.82) is 0 Å². The normalized spacial score (nSPS) is 15.0. The highest BCUT2D eigenvalue weighted by molar-refractivity contribution is 5.78. The van der Waals surface area contributed by atoms with Gasteiger partial charge in [0, 0.05) is 44.8 Å². The van der Waals surface area contributed by atoms with Crippen LogP contribution < -0.4 is 16.0 Å². The summed E-state index contributed by atoms with van der Waals surface area (Å²) in [6.45, 7) is 3.39. The van der Waals surface area contributed by atoms with Crippen LogP contribution in [0.1, 0.15) is 6.42 Å². The van der Waals surface area contributed by atoms with Crippen LogP contribution in [-0.2, 0) is 4.79 Å². The van der Waals surface area contributed by atoms with Crippen LogP contribution >= 0.6 is 0 Å². The highest BCUT2D eigenvalue weighted by Crippen LogP contribution is 2.15. The van der Waals surface area contributed by atoms with E-state index in [1.54, 1.807) is 0 Å². The summed E-state index contributed by atoms with van der Waals surface area (Å²) < 4.78 is 0. The lowest BCUT2D eigenvalue weighted by atomic mass is 10.2. The van der Waals surface area contributed by atoms with Crippen molar-refractivity contribution in [2.24, 2.45) is 5.73 Å². The predicted octanol–water partition coefficient (Wildman–Crippen LogP) is 0.394. The predicted molar refractivity (Wildman–Crippen MR) is 77.4 cm³/mol. The van der Waals surface area contributed by atoms with Crippen LogP contribution in [-0.4, -0.2) is 49.6 Å². The number of piperazine rings is 1. The second-order valence-corrected chi connectivity index (χ2v) is 4.74. The number of nitrogens with two attached hydrogens (primary N) is 1. The highest BCUT2D eigenvalue weighted by Gasteiger charge is 2.20. The minimum atomic E-state index is -0.591. The molecule has 0 aliphatic carbocycles. The van der Waals surface area contributed by atoms with E-state index in [2.05, 4.69) is 22.3 Å². The largest absolute Gasteiger partial charge is 0.368 e. The van der Waals surface area contributed by atoms with Gasteiger partial charge in [0.05, 0.1) is 0 Å². The monoisotopic (exact) mass is 276 g/mol. The zero-order valence-corrected chi connectivity index (χ0v) is 11.4. The minimum Gasteiger partial charge on any atom is -0.368 e. The smallest absolute Gasteiger partial charge is 0.312 e. The molecule has 1 aliphatic heterocycles. The number of para-hydroxylation sites is 1. The molecule has 1 aromatic rings. The zero-order chi connectivity index (χ0) is 14.4. The van der Waals surface area contributed by atoms with E-state index in [0.29, 0.717) is 26.1 Å². The Morgan fingerprint density at radius 2 is 1.75 bits per heavy atom. The maximum atomic E-state index is 11.9. The minimum absolute atomic E-state index is 0.0615. The molecular formula is C14H20N4O2. The number of hydrogen-bond donors (Lipinski definition) is 2. The molecule has 0 radical (unpaired) electrons. The first-order valence-corrected chi connectivity index (χ1v) is 6.78. The lowest BCUT2D eigenvalue weighted by molar-refractivity contribution is -0.131. The van der Waals surface area contributed by atoms with Crippen molar-refractivity contribution in [2.75, 3.05) is 37.6 Å². The van der Waals surface area contributed by atoms with Crippen LogP contribution in [0, 0.1) is 0 Å². The van der Waals surface area contributed by atoms with Crippen LogP contribution in [0.5, 0.6) is 0 Å². The first-order chi connectivity index (χ1) is 9.66. The summed E-state index contributed by atoms with van der Waals surface area (Å²) in [7, 11) is 0. The molecule has 1 aromatic carbocycles. The summed E-state index contributed by atoms with van der Waals surface area (Å²) >= 11 is 0. The molecule has 3 N–H and O–H groups in total. The lowest BCUT2D eigenvalue weighted by Gasteiger charge is -2.36. The summed E-state index contributed by atoms with van der Waals surface area (Å²) in [5.74, 6) is 0.0615. The van der Waals surface area contributed by atoms with Gasteiger partial charge in [-0.2, -0.15) is 0 Å². The number of anilines is 1. The van der Waals surface area contributed by atoms with Crippen LogP contribution in [0.4, 0.5) is 10.5 Å². The highest BCUT2D eigenvalue weighted by atomic mass is 16.2. The number of carbonyl (C=O) groups is 2. The molecule has 1 heterocycles.